The Bertz CT molecular complexity index is 829. The summed E-state index contributed by atoms with van der Waals surface area (Å²) in [4.78, 5) is 36.1. The van der Waals surface area contributed by atoms with Crippen LogP contribution in [0, 0.1) is 0 Å². The summed E-state index contributed by atoms with van der Waals surface area (Å²) in [5, 5.41) is 4.31. The Kier molecular flexibility index (Phi) is 5.62. The molecule has 2 amide bonds. The molecule has 3 N–H and O–H groups in total. The van der Waals surface area contributed by atoms with Crippen LogP contribution >= 0.6 is 11.3 Å². The molecule has 134 valence electrons. The highest BCUT2D eigenvalue weighted by molar-refractivity contribution is 7.09. The van der Waals surface area contributed by atoms with Crippen LogP contribution in [-0.2, 0) is 23.9 Å². The van der Waals surface area contributed by atoms with Crippen LogP contribution in [-0.4, -0.2) is 22.9 Å². The normalized spacial score (nSPS) is 11.3. The van der Waals surface area contributed by atoms with Crippen molar-refractivity contribution in [1.29, 1.82) is 0 Å². The predicted molar refractivity (Wildman–Crippen MR) is 85.3 cm³/mol. The molecule has 0 bridgehead atoms. The minimum Gasteiger partial charge on any atom is -0.365 e. The van der Waals surface area contributed by atoms with Gasteiger partial charge in [-0.3, -0.25) is 19.0 Å². The smallest absolute Gasteiger partial charge is 0.365 e. The van der Waals surface area contributed by atoms with Gasteiger partial charge in [0.15, 0.2) is 0 Å². The number of halogens is 3. The Hall–Kier alpha value is -2.62. The predicted octanol–water partition coefficient (Wildman–Crippen LogP) is 1.39. The third kappa shape index (κ3) is 4.69. The van der Waals surface area contributed by atoms with Crippen molar-refractivity contribution < 1.29 is 22.8 Å². The van der Waals surface area contributed by atoms with Crippen molar-refractivity contribution in [2.75, 3.05) is 6.54 Å². The quantitative estimate of drug-likeness (QED) is 0.801. The second-order valence-corrected chi connectivity index (χ2v) is 6.10. The molecule has 6 nitrogen and oxygen atoms in total. The van der Waals surface area contributed by atoms with E-state index in [9.17, 15) is 27.6 Å². The largest absolute Gasteiger partial charge is 0.431 e. The molecule has 10 heteroatoms. The van der Waals surface area contributed by atoms with E-state index in [0.717, 1.165) is 4.88 Å². The molecule has 0 aliphatic heterocycles. The van der Waals surface area contributed by atoms with E-state index in [0.29, 0.717) is 18.6 Å². The van der Waals surface area contributed by atoms with Crippen LogP contribution in [0.5, 0.6) is 0 Å². The lowest BCUT2D eigenvalue weighted by Crippen LogP contribution is -2.39. The average Bonchev–Trinajstić information content (AvgIpc) is 3.01. The number of primary amides is 1. The maximum Gasteiger partial charge on any atom is 0.431 e. The van der Waals surface area contributed by atoms with Crippen molar-refractivity contribution >= 4 is 23.2 Å². The van der Waals surface area contributed by atoms with E-state index in [-0.39, 0.29) is 11.1 Å². The first kappa shape index (κ1) is 18.7. The number of amides is 2. The molecule has 0 spiro atoms. The number of aromatic nitrogens is 1. The SMILES string of the molecule is NC(=O)c1ccc(C(F)(F)F)n(CC(=O)NCCc2cccs2)c1=O. The Morgan fingerprint density at radius 3 is 2.52 bits per heavy atom. The number of nitrogens with two attached hydrogens (primary N) is 1. The van der Waals surface area contributed by atoms with Crippen LogP contribution in [0.25, 0.3) is 0 Å². The summed E-state index contributed by atoms with van der Waals surface area (Å²) in [6.45, 7) is -0.649. The molecule has 0 aromatic carbocycles. The average molecular weight is 373 g/mol. The van der Waals surface area contributed by atoms with Gasteiger partial charge < -0.3 is 11.1 Å². The molecule has 0 saturated heterocycles. The van der Waals surface area contributed by atoms with Crippen LogP contribution in [0.3, 0.4) is 0 Å². The van der Waals surface area contributed by atoms with E-state index >= 15 is 0 Å². The number of carbonyl (C=O) groups excluding carboxylic acids is 2. The summed E-state index contributed by atoms with van der Waals surface area (Å²) in [6, 6.07) is 4.96. The van der Waals surface area contributed by atoms with Crippen molar-refractivity contribution in [3.63, 3.8) is 0 Å². The first-order valence-electron chi connectivity index (χ1n) is 7.10. The molecule has 0 fully saturated rings. The molecule has 2 aromatic rings. The van der Waals surface area contributed by atoms with Gasteiger partial charge in [-0.25, -0.2) is 0 Å². The maximum atomic E-state index is 13.0. The summed E-state index contributed by atoms with van der Waals surface area (Å²) in [6.07, 6.45) is -4.33. The van der Waals surface area contributed by atoms with Gasteiger partial charge in [-0.2, -0.15) is 13.2 Å². The monoisotopic (exact) mass is 373 g/mol. The number of hydrogen-bond acceptors (Lipinski definition) is 4. The zero-order valence-corrected chi connectivity index (χ0v) is 13.6. The van der Waals surface area contributed by atoms with Crippen molar-refractivity contribution in [1.82, 2.24) is 9.88 Å². The number of pyridine rings is 1. The van der Waals surface area contributed by atoms with Crippen LogP contribution in [0.2, 0.25) is 0 Å². The summed E-state index contributed by atoms with van der Waals surface area (Å²) in [7, 11) is 0. The fourth-order valence-electron chi connectivity index (χ4n) is 2.15. The van der Waals surface area contributed by atoms with Crippen LogP contribution in [0.1, 0.15) is 20.9 Å². The van der Waals surface area contributed by atoms with Gasteiger partial charge in [0.05, 0.1) is 0 Å². The van der Waals surface area contributed by atoms with E-state index < -0.39 is 41.4 Å². The van der Waals surface area contributed by atoms with E-state index in [1.807, 2.05) is 17.5 Å². The van der Waals surface area contributed by atoms with Gasteiger partial charge in [0.25, 0.3) is 11.5 Å². The molecule has 2 aromatic heterocycles. The number of rotatable bonds is 6. The highest BCUT2D eigenvalue weighted by atomic mass is 32.1. The molecular weight excluding hydrogens is 359 g/mol. The van der Waals surface area contributed by atoms with Gasteiger partial charge in [0.1, 0.15) is 17.8 Å². The van der Waals surface area contributed by atoms with Gasteiger partial charge in [0.2, 0.25) is 5.91 Å². The van der Waals surface area contributed by atoms with Crippen molar-refractivity contribution in [3.8, 4) is 0 Å². The summed E-state index contributed by atoms with van der Waals surface area (Å²) >= 11 is 1.49. The number of alkyl halides is 3. The van der Waals surface area contributed by atoms with Gasteiger partial charge >= 0.3 is 6.18 Å². The topological polar surface area (TPSA) is 94.2 Å². The fraction of sp³-hybridized carbons (Fsp3) is 0.267. The Morgan fingerprint density at radius 1 is 1.24 bits per heavy atom. The van der Waals surface area contributed by atoms with E-state index in [2.05, 4.69) is 5.32 Å². The number of hydrogen-bond donors (Lipinski definition) is 2. The highest BCUT2D eigenvalue weighted by Crippen LogP contribution is 2.28. The Morgan fingerprint density at radius 2 is 1.96 bits per heavy atom. The molecule has 0 atom stereocenters. The first-order valence-corrected chi connectivity index (χ1v) is 7.98. The summed E-state index contributed by atoms with van der Waals surface area (Å²) < 4.78 is 39.3. The lowest BCUT2D eigenvalue weighted by Gasteiger charge is -2.16. The van der Waals surface area contributed by atoms with Gasteiger partial charge in [0, 0.05) is 11.4 Å². The van der Waals surface area contributed by atoms with E-state index in [4.69, 9.17) is 5.73 Å². The van der Waals surface area contributed by atoms with Crippen molar-refractivity contribution in [2.24, 2.45) is 5.73 Å². The van der Waals surface area contributed by atoms with Gasteiger partial charge in [-0.15, -0.1) is 11.3 Å². The second-order valence-electron chi connectivity index (χ2n) is 5.06. The van der Waals surface area contributed by atoms with Crippen LogP contribution in [0.15, 0.2) is 34.4 Å². The van der Waals surface area contributed by atoms with Crippen LogP contribution in [0.4, 0.5) is 13.2 Å². The number of nitrogens with zero attached hydrogens (tertiary/aromatic N) is 1. The van der Waals surface area contributed by atoms with Crippen molar-refractivity contribution in [2.45, 2.75) is 19.1 Å². The minimum atomic E-state index is -4.85. The van der Waals surface area contributed by atoms with E-state index in [1.165, 1.54) is 11.3 Å². The highest BCUT2D eigenvalue weighted by Gasteiger charge is 2.35. The summed E-state index contributed by atoms with van der Waals surface area (Å²) in [5.41, 5.74) is 1.79. The molecule has 0 saturated carbocycles. The van der Waals surface area contributed by atoms with Gasteiger partial charge in [-0.05, 0) is 30.0 Å². The van der Waals surface area contributed by atoms with E-state index in [1.54, 1.807) is 0 Å². The molecule has 0 radical (unpaired) electrons. The third-order valence-corrected chi connectivity index (χ3v) is 4.24. The van der Waals surface area contributed by atoms with Crippen LogP contribution < -0.4 is 16.6 Å². The minimum absolute atomic E-state index is 0.209. The lowest BCUT2D eigenvalue weighted by molar-refractivity contribution is -0.144. The number of nitrogens with one attached hydrogen (secondary N) is 1. The standard InChI is InChI=1S/C15H14F3N3O3S/c16-15(17,18)11-4-3-10(13(19)23)14(24)21(11)8-12(22)20-6-5-9-2-1-7-25-9/h1-4,7H,5-6,8H2,(H2,19,23)(H,20,22). The Labute approximate surface area is 144 Å². The molecule has 0 aliphatic carbocycles. The maximum absolute atomic E-state index is 13.0. The lowest BCUT2D eigenvalue weighted by atomic mass is 10.2. The third-order valence-electron chi connectivity index (χ3n) is 3.31. The molecule has 2 heterocycles. The molecular formula is C15H14F3N3O3S. The Balaban J connectivity index is 2.18. The molecule has 0 unspecified atom stereocenters. The molecule has 0 aliphatic rings. The second kappa shape index (κ2) is 7.51. The number of thiophene rings is 1. The van der Waals surface area contributed by atoms with Gasteiger partial charge in [-0.1, -0.05) is 6.07 Å². The molecule has 25 heavy (non-hydrogen) atoms. The summed E-state index contributed by atoms with van der Waals surface area (Å²) in [5.74, 6) is -1.93. The van der Waals surface area contributed by atoms with Crippen molar-refractivity contribution in [3.05, 3.63) is 56.1 Å². The number of carbonyl (C=O) groups is 2. The fourth-order valence-corrected chi connectivity index (χ4v) is 2.86. The molecule has 2 rings (SSSR count). The first-order chi connectivity index (χ1) is 11.7. The zero-order chi connectivity index (χ0) is 18.6. The zero-order valence-electron chi connectivity index (χ0n) is 12.8.